The molecule has 0 saturated carbocycles. The molecule has 1 fully saturated rings. The minimum absolute atomic E-state index is 0.0341. The van der Waals surface area contributed by atoms with Gasteiger partial charge in [0.25, 0.3) is 0 Å². The van der Waals surface area contributed by atoms with E-state index in [2.05, 4.69) is 48.3 Å². The van der Waals surface area contributed by atoms with Crippen LogP contribution >= 0.6 is 35.2 Å². The second-order valence-corrected chi connectivity index (χ2v) is 23.7. The first-order chi connectivity index (χ1) is 32.9. The number of anilines is 1. The predicted octanol–water partition coefficient (Wildman–Crippen LogP) is 5.95. The number of hydrogen-bond donors (Lipinski definition) is 9. The zero-order valence-electron chi connectivity index (χ0n) is 40.7. The van der Waals surface area contributed by atoms with Crippen molar-refractivity contribution in [3.05, 3.63) is 12.7 Å². The first kappa shape index (κ1) is 61.9. The van der Waals surface area contributed by atoms with Crippen LogP contribution in [0.2, 0.25) is 0 Å². The monoisotopic (exact) mass is 1080 g/mol. The SMILES string of the molecule is CCCCCC(C)CCCCCCCCCCCCCC(=O)SCCNC(=O)CCNC(=O)C(O)C(C)(C)COP(=O)(O)OP(=O)(O)OCC1OC(n2cnc3c(N)ncnc32)C(O)C1OP(=O)(O)O. The smallest absolute Gasteiger partial charge is 0.386 e. The number of unbranched alkanes of at least 4 members (excludes halogenated alkanes) is 12. The molecule has 0 aliphatic carbocycles. The number of imidazole rings is 1. The van der Waals surface area contributed by atoms with Crippen molar-refractivity contribution in [2.75, 3.05) is 37.8 Å². The average Bonchev–Trinajstić information content (AvgIpc) is 3.84. The van der Waals surface area contributed by atoms with Crippen molar-refractivity contribution in [2.45, 2.75) is 174 Å². The minimum atomic E-state index is -5.58. The topological polar surface area (TPSA) is 364 Å². The van der Waals surface area contributed by atoms with Gasteiger partial charge in [-0.3, -0.25) is 32.5 Å². The first-order valence-corrected chi connectivity index (χ1v) is 29.5. The number of thioether (sulfide) groups is 1. The zero-order valence-corrected chi connectivity index (χ0v) is 44.2. The fraction of sp³-hybridized carbons (Fsp3) is 0.810. The molecule has 0 radical (unpaired) electrons. The van der Waals surface area contributed by atoms with E-state index in [1.54, 1.807) is 0 Å². The number of carbonyl (C=O) groups is 3. The van der Waals surface area contributed by atoms with E-state index in [-0.39, 0.29) is 41.6 Å². The quantitative estimate of drug-likeness (QED) is 0.0279. The van der Waals surface area contributed by atoms with Crippen LogP contribution in [0.25, 0.3) is 11.2 Å². The molecule has 2 aromatic rings. The van der Waals surface area contributed by atoms with E-state index < -0.39 is 84.6 Å². The van der Waals surface area contributed by atoms with E-state index in [1.165, 1.54) is 97.3 Å². The summed E-state index contributed by atoms with van der Waals surface area (Å²) < 4.78 is 62.5. The minimum Gasteiger partial charge on any atom is -0.386 e. The Morgan fingerprint density at radius 3 is 2.09 bits per heavy atom. The third-order valence-corrected chi connectivity index (χ3v) is 15.7. The maximum Gasteiger partial charge on any atom is 0.481 e. The molecule has 24 nitrogen and oxygen atoms in total. The van der Waals surface area contributed by atoms with E-state index in [0.29, 0.717) is 12.2 Å². The van der Waals surface area contributed by atoms with Gasteiger partial charge in [0.1, 0.15) is 36.3 Å². The van der Waals surface area contributed by atoms with Crippen molar-refractivity contribution in [1.29, 1.82) is 0 Å². The van der Waals surface area contributed by atoms with Crippen molar-refractivity contribution < 1.29 is 80.5 Å². The largest absolute Gasteiger partial charge is 0.481 e. The van der Waals surface area contributed by atoms with Gasteiger partial charge in [-0.05, 0) is 12.3 Å². The summed E-state index contributed by atoms with van der Waals surface area (Å²) >= 11 is 1.16. The van der Waals surface area contributed by atoms with Gasteiger partial charge in [0, 0.05) is 37.1 Å². The number of aromatic nitrogens is 4. The Bertz CT molecular complexity index is 2070. The number of aliphatic hydroxyl groups is 2. The van der Waals surface area contributed by atoms with Crippen LogP contribution < -0.4 is 16.4 Å². The van der Waals surface area contributed by atoms with Crippen molar-refractivity contribution in [2.24, 2.45) is 11.3 Å². The molecule has 1 saturated heterocycles. The van der Waals surface area contributed by atoms with Gasteiger partial charge in [-0.25, -0.2) is 28.6 Å². The molecule has 8 atom stereocenters. The Labute approximate surface area is 414 Å². The molecule has 1 aliphatic heterocycles. The lowest BCUT2D eigenvalue weighted by molar-refractivity contribution is -0.137. The second kappa shape index (κ2) is 30.7. The standard InChI is InChI=1S/C42H76N7O17P3S/c1-5-6-16-19-30(2)20-17-14-12-10-8-7-9-11-13-15-18-21-33(51)70-25-24-44-32(50)22-23-45-40(54)37(53)42(3,4)27-63-69(60,61)66-68(58,59)62-26-31-36(65-67(55,56)57)35(52)41(64-31)49-29-48-34-38(43)46-28-47-39(34)49/h28-31,35-37,41,52-53H,5-27H2,1-4H3,(H,44,50)(H,45,54)(H,58,59)(H,60,61)(H2,43,46,47)(H2,55,56,57). The summed E-state index contributed by atoms with van der Waals surface area (Å²) in [7, 11) is -16.4. The number of nitrogens with one attached hydrogen (secondary N) is 2. The number of nitrogens with two attached hydrogens (primary N) is 1. The van der Waals surface area contributed by atoms with Crippen molar-refractivity contribution in [1.82, 2.24) is 30.2 Å². The highest BCUT2D eigenvalue weighted by Crippen LogP contribution is 2.61. The normalized spacial score (nSPS) is 20.2. The van der Waals surface area contributed by atoms with Crippen LogP contribution in [-0.2, 0) is 50.7 Å². The molecular formula is C42H76N7O17P3S. The Morgan fingerprint density at radius 2 is 1.46 bits per heavy atom. The van der Waals surface area contributed by atoms with Crippen molar-refractivity contribution >= 4 is 69.1 Å². The van der Waals surface area contributed by atoms with Crippen LogP contribution in [0.1, 0.15) is 149 Å². The first-order valence-electron chi connectivity index (χ1n) is 24.0. The Hall–Kier alpha value is -2.44. The highest BCUT2D eigenvalue weighted by molar-refractivity contribution is 8.13. The van der Waals surface area contributed by atoms with Gasteiger partial charge in [0.05, 0.1) is 19.5 Å². The van der Waals surface area contributed by atoms with Crippen molar-refractivity contribution in [3.63, 3.8) is 0 Å². The summed E-state index contributed by atoms with van der Waals surface area (Å²) in [6.07, 6.45) is 13.7. The van der Waals surface area contributed by atoms with Gasteiger partial charge in [0.15, 0.2) is 22.8 Å². The number of fused-ring (bicyclic) bond motifs is 1. The molecule has 1 aliphatic rings. The summed E-state index contributed by atoms with van der Waals surface area (Å²) in [6, 6.07) is 0. The number of carbonyl (C=O) groups excluding carboxylic acids is 3. The maximum atomic E-state index is 12.8. The number of hydrogen-bond acceptors (Lipinski definition) is 18. The van der Waals surface area contributed by atoms with E-state index in [9.17, 15) is 57.9 Å². The summed E-state index contributed by atoms with van der Waals surface area (Å²) in [4.78, 5) is 88.5. The van der Waals surface area contributed by atoms with Crippen LogP contribution in [0, 0.1) is 11.3 Å². The number of rotatable bonds is 37. The summed E-state index contributed by atoms with van der Waals surface area (Å²) in [5.41, 5.74) is 4.29. The van der Waals surface area contributed by atoms with E-state index >= 15 is 0 Å². The molecule has 3 rings (SSSR count). The number of amides is 2. The number of nitrogen functional groups attached to an aromatic ring is 1. The average molecular weight is 1080 g/mol. The van der Waals surface area contributed by atoms with Gasteiger partial charge in [-0.1, -0.05) is 136 Å². The summed E-state index contributed by atoms with van der Waals surface area (Å²) in [6.45, 7) is 5.23. The highest BCUT2D eigenvalue weighted by atomic mass is 32.2. The molecule has 402 valence electrons. The summed E-state index contributed by atoms with van der Waals surface area (Å²) in [5.74, 6) is -0.158. The lowest BCUT2D eigenvalue weighted by Crippen LogP contribution is -2.46. The van der Waals surface area contributed by atoms with Crippen molar-refractivity contribution in [3.8, 4) is 0 Å². The lowest BCUT2D eigenvalue weighted by atomic mass is 9.87. The molecule has 10 N–H and O–H groups in total. The Kier molecular flexibility index (Phi) is 27.1. The maximum absolute atomic E-state index is 12.8. The number of nitrogens with zero attached hydrogens (tertiary/aromatic N) is 4. The van der Waals surface area contributed by atoms with Crippen LogP contribution in [0.3, 0.4) is 0 Å². The molecule has 8 unspecified atom stereocenters. The third kappa shape index (κ3) is 23.2. The molecule has 2 amide bonds. The van der Waals surface area contributed by atoms with Gasteiger partial charge in [-0.2, -0.15) is 4.31 Å². The number of ether oxygens (including phenoxy) is 1. The van der Waals surface area contributed by atoms with Crippen LogP contribution in [0.4, 0.5) is 5.82 Å². The molecule has 0 aromatic carbocycles. The zero-order chi connectivity index (χ0) is 52.0. The second-order valence-electron chi connectivity index (χ2n) is 18.3. The van der Waals surface area contributed by atoms with Crippen LogP contribution in [0.5, 0.6) is 0 Å². The third-order valence-electron chi connectivity index (χ3n) is 11.6. The van der Waals surface area contributed by atoms with E-state index in [1.807, 2.05) is 0 Å². The number of phosphoric acid groups is 3. The van der Waals surface area contributed by atoms with E-state index in [4.69, 9.17) is 19.5 Å². The van der Waals surface area contributed by atoms with Gasteiger partial charge < -0.3 is 50.9 Å². The Balaban J connectivity index is 1.26. The van der Waals surface area contributed by atoms with Crippen LogP contribution in [0.15, 0.2) is 12.7 Å². The molecule has 2 aromatic heterocycles. The molecule has 28 heteroatoms. The molecular weight excluding hydrogens is 999 g/mol. The van der Waals surface area contributed by atoms with Gasteiger partial charge in [0.2, 0.25) is 11.8 Å². The lowest BCUT2D eigenvalue weighted by Gasteiger charge is -2.30. The molecule has 0 bridgehead atoms. The number of phosphoric ester groups is 3. The van der Waals surface area contributed by atoms with Gasteiger partial charge >= 0.3 is 23.5 Å². The summed E-state index contributed by atoms with van der Waals surface area (Å²) in [5, 5.41) is 26.7. The number of aliphatic hydroxyl groups excluding tert-OH is 2. The molecule has 3 heterocycles. The molecule has 0 spiro atoms. The van der Waals surface area contributed by atoms with Gasteiger partial charge in [-0.15, -0.1) is 0 Å². The van der Waals surface area contributed by atoms with Crippen LogP contribution in [-0.4, -0.2) is 123 Å². The highest BCUT2D eigenvalue weighted by Gasteiger charge is 2.50. The predicted molar refractivity (Wildman–Crippen MR) is 260 cm³/mol. The molecule has 70 heavy (non-hydrogen) atoms. The Morgan fingerprint density at radius 1 is 0.857 bits per heavy atom. The fourth-order valence-electron chi connectivity index (χ4n) is 7.61. The fourth-order valence-corrected chi connectivity index (χ4v) is 11.2. The van der Waals surface area contributed by atoms with E-state index in [0.717, 1.165) is 54.2 Å².